The van der Waals surface area contributed by atoms with Gasteiger partial charge in [-0.1, -0.05) is 49.4 Å². The molecular weight excluding hydrogens is 340 g/mol. The third-order valence-electron chi connectivity index (χ3n) is 5.07. The van der Waals surface area contributed by atoms with E-state index >= 15 is 0 Å². The zero-order valence-electron chi connectivity index (χ0n) is 15.3. The van der Waals surface area contributed by atoms with E-state index in [0.717, 1.165) is 23.2 Å². The standard InChI is InChI=1S/C21H22N4O2/c1-2-15-9-6-10-18(11-15)25-20(22-23-21(25)27)17-12-19(26)24(14-17)13-16-7-4-3-5-8-16/h3-11,17H,2,12-14H2,1H3,(H,23,27)/t17-/m0/s1. The summed E-state index contributed by atoms with van der Waals surface area (Å²) in [6.45, 7) is 3.22. The van der Waals surface area contributed by atoms with Crippen molar-refractivity contribution in [3.63, 3.8) is 0 Å². The van der Waals surface area contributed by atoms with Crippen molar-refractivity contribution in [2.45, 2.75) is 32.2 Å². The average Bonchev–Trinajstić information content (AvgIpc) is 3.25. The highest BCUT2D eigenvalue weighted by Crippen LogP contribution is 2.28. The number of hydrogen-bond acceptors (Lipinski definition) is 3. The van der Waals surface area contributed by atoms with Crippen LogP contribution in [0.15, 0.2) is 59.4 Å². The molecule has 3 aromatic rings. The number of aromatic amines is 1. The Labute approximate surface area is 157 Å². The van der Waals surface area contributed by atoms with Crippen LogP contribution in [-0.2, 0) is 17.8 Å². The fourth-order valence-corrected chi connectivity index (χ4v) is 3.65. The van der Waals surface area contributed by atoms with Crippen LogP contribution in [-0.4, -0.2) is 32.1 Å². The molecule has 4 rings (SSSR count). The Kier molecular flexibility index (Phi) is 4.62. The van der Waals surface area contributed by atoms with Gasteiger partial charge in [0.1, 0.15) is 5.82 Å². The highest BCUT2D eigenvalue weighted by molar-refractivity contribution is 5.79. The van der Waals surface area contributed by atoms with Crippen molar-refractivity contribution in [1.82, 2.24) is 19.7 Å². The zero-order valence-corrected chi connectivity index (χ0v) is 15.3. The number of aromatic nitrogens is 3. The Balaban J connectivity index is 1.61. The molecule has 2 aromatic carbocycles. The first-order chi connectivity index (χ1) is 13.2. The Morgan fingerprint density at radius 1 is 1.07 bits per heavy atom. The van der Waals surface area contributed by atoms with E-state index in [2.05, 4.69) is 17.1 Å². The fraction of sp³-hybridized carbons (Fsp3) is 0.286. The number of nitrogens with zero attached hydrogens (tertiary/aromatic N) is 3. The Bertz CT molecular complexity index is 1010. The lowest BCUT2D eigenvalue weighted by atomic mass is 10.1. The van der Waals surface area contributed by atoms with E-state index in [1.54, 1.807) is 4.57 Å². The molecule has 6 nitrogen and oxygen atoms in total. The quantitative estimate of drug-likeness (QED) is 0.758. The highest BCUT2D eigenvalue weighted by Gasteiger charge is 2.34. The topological polar surface area (TPSA) is 71.0 Å². The number of carbonyl (C=O) groups is 1. The molecule has 0 aliphatic carbocycles. The van der Waals surface area contributed by atoms with Crippen LogP contribution < -0.4 is 5.69 Å². The van der Waals surface area contributed by atoms with Gasteiger partial charge in [0.25, 0.3) is 0 Å². The third kappa shape index (κ3) is 3.43. The lowest BCUT2D eigenvalue weighted by Crippen LogP contribution is -2.25. The summed E-state index contributed by atoms with van der Waals surface area (Å²) in [4.78, 5) is 26.8. The normalized spacial score (nSPS) is 16.9. The zero-order chi connectivity index (χ0) is 18.8. The van der Waals surface area contributed by atoms with Gasteiger partial charge in [0, 0.05) is 25.4 Å². The van der Waals surface area contributed by atoms with Crippen LogP contribution >= 0.6 is 0 Å². The van der Waals surface area contributed by atoms with Gasteiger partial charge in [-0.3, -0.25) is 4.79 Å². The molecule has 1 aliphatic rings. The molecule has 1 aliphatic heterocycles. The van der Waals surface area contributed by atoms with E-state index in [-0.39, 0.29) is 17.5 Å². The Morgan fingerprint density at radius 2 is 1.85 bits per heavy atom. The molecule has 1 amide bonds. The molecule has 2 heterocycles. The van der Waals surface area contributed by atoms with E-state index in [1.807, 2.05) is 59.5 Å². The second-order valence-corrected chi connectivity index (χ2v) is 6.91. The van der Waals surface area contributed by atoms with Crippen LogP contribution in [0.4, 0.5) is 0 Å². The minimum absolute atomic E-state index is 0.0909. The molecule has 1 aromatic heterocycles. The van der Waals surface area contributed by atoms with Gasteiger partial charge in [-0.25, -0.2) is 14.5 Å². The predicted octanol–water partition coefficient (Wildman–Crippen LogP) is 2.64. The number of nitrogens with one attached hydrogen (secondary N) is 1. The van der Waals surface area contributed by atoms with Crippen LogP contribution in [0, 0.1) is 0 Å². The van der Waals surface area contributed by atoms with Gasteiger partial charge in [-0.15, -0.1) is 0 Å². The summed E-state index contributed by atoms with van der Waals surface area (Å²) in [7, 11) is 0. The number of rotatable bonds is 5. The summed E-state index contributed by atoms with van der Waals surface area (Å²) in [6.07, 6.45) is 1.26. The largest absolute Gasteiger partial charge is 0.347 e. The summed E-state index contributed by atoms with van der Waals surface area (Å²) >= 11 is 0. The van der Waals surface area contributed by atoms with Gasteiger partial charge in [0.2, 0.25) is 5.91 Å². The number of likely N-dealkylation sites (tertiary alicyclic amines) is 1. The molecule has 0 radical (unpaired) electrons. The minimum atomic E-state index is -0.271. The van der Waals surface area contributed by atoms with Crippen molar-refractivity contribution in [2.24, 2.45) is 0 Å². The molecule has 0 unspecified atom stereocenters. The maximum Gasteiger partial charge on any atom is 0.347 e. The lowest BCUT2D eigenvalue weighted by molar-refractivity contribution is -0.128. The molecule has 1 fully saturated rings. The van der Waals surface area contributed by atoms with Crippen molar-refractivity contribution in [1.29, 1.82) is 0 Å². The van der Waals surface area contributed by atoms with E-state index in [1.165, 1.54) is 0 Å². The number of carbonyl (C=O) groups excluding carboxylic acids is 1. The predicted molar refractivity (Wildman–Crippen MR) is 103 cm³/mol. The molecule has 1 atom stereocenters. The van der Waals surface area contributed by atoms with Crippen LogP contribution in [0.5, 0.6) is 0 Å². The van der Waals surface area contributed by atoms with Crippen molar-refractivity contribution in [3.05, 3.63) is 82.0 Å². The van der Waals surface area contributed by atoms with Gasteiger partial charge in [0.05, 0.1) is 5.69 Å². The lowest BCUT2D eigenvalue weighted by Gasteiger charge is -2.17. The summed E-state index contributed by atoms with van der Waals surface area (Å²) < 4.78 is 1.60. The first-order valence-electron chi connectivity index (χ1n) is 9.24. The molecule has 0 spiro atoms. The summed E-state index contributed by atoms with van der Waals surface area (Å²) in [5.41, 5.74) is 2.77. The smallest absolute Gasteiger partial charge is 0.338 e. The number of H-pyrrole nitrogens is 1. The molecule has 138 valence electrons. The van der Waals surface area contributed by atoms with Crippen LogP contribution in [0.25, 0.3) is 5.69 Å². The number of hydrogen-bond donors (Lipinski definition) is 1. The molecule has 1 N–H and O–H groups in total. The number of benzene rings is 2. The van der Waals surface area contributed by atoms with Crippen molar-refractivity contribution < 1.29 is 4.79 Å². The van der Waals surface area contributed by atoms with E-state index in [4.69, 9.17) is 0 Å². The van der Waals surface area contributed by atoms with Crippen molar-refractivity contribution in [2.75, 3.05) is 6.54 Å². The van der Waals surface area contributed by atoms with Crippen LogP contribution in [0.1, 0.15) is 36.2 Å². The third-order valence-corrected chi connectivity index (χ3v) is 5.07. The first kappa shape index (κ1) is 17.3. The van der Waals surface area contributed by atoms with Crippen LogP contribution in [0.2, 0.25) is 0 Å². The number of aryl methyl sites for hydroxylation is 1. The molecule has 0 bridgehead atoms. The monoisotopic (exact) mass is 362 g/mol. The molecule has 6 heteroatoms. The van der Waals surface area contributed by atoms with Crippen molar-refractivity contribution >= 4 is 5.91 Å². The summed E-state index contributed by atoms with van der Waals surface area (Å²) in [5.74, 6) is 0.607. The number of amides is 1. The first-order valence-corrected chi connectivity index (χ1v) is 9.24. The Hall–Kier alpha value is -3.15. The van der Waals surface area contributed by atoms with Gasteiger partial charge in [-0.2, -0.15) is 5.10 Å². The second kappa shape index (κ2) is 7.23. The van der Waals surface area contributed by atoms with E-state index in [0.29, 0.717) is 25.3 Å². The van der Waals surface area contributed by atoms with Gasteiger partial charge in [-0.05, 0) is 29.7 Å². The minimum Gasteiger partial charge on any atom is -0.338 e. The van der Waals surface area contributed by atoms with Crippen LogP contribution in [0.3, 0.4) is 0 Å². The fourth-order valence-electron chi connectivity index (χ4n) is 3.65. The van der Waals surface area contributed by atoms with Gasteiger partial charge >= 0.3 is 5.69 Å². The molecule has 0 saturated carbocycles. The molecule has 27 heavy (non-hydrogen) atoms. The summed E-state index contributed by atoms with van der Waals surface area (Å²) in [6, 6.07) is 17.8. The van der Waals surface area contributed by atoms with Crippen molar-refractivity contribution in [3.8, 4) is 5.69 Å². The van der Waals surface area contributed by atoms with Gasteiger partial charge < -0.3 is 4.90 Å². The van der Waals surface area contributed by atoms with E-state index < -0.39 is 0 Å². The Morgan fingerprint density at radius 3 is 2.63 bits per heavy atom. The van der Waals surface area contributed by atoms with E-state index in [9.17, 15) is 9.59 Å². The maximum absolute atomic E-state index is 12.5. The average molecular weight is 362 g/mol. The highest BCUT2D eigenvalue weighted by atomic mass is 16.2. The molecule has 1 saturated heterocycles. The van der Waals surface area contributed by atoms with Gasteiger partial charge in [0.15, 0.2) is 0 Å². The maximum atomic E-state index is 12.5. The summed E-state index contributed by atoms with van der Waals surface area (Å²) in [5, 5.41) is 6.81. The molecular formula is C21H22N4O2. The second-order valence-electron chi connectivity index (χ2n) is 6.91. The SMILES string of the molecule is CCc1cccc(-n2c([C@H]3CC(=O)N(Cc4ccccc4)C3)n[nH]c2=O)c1.